The van der Waals surface area contributed by atoms with E-state index in [0.717, 1.165) is 4.57 Å². The monoisotopic (exact) mass is 284 g/mol. The van der Waals surface area contributed by atoms with Crippen LogP contribution in [0.15, 0.2) is 11.2 Å². The third-order valence-electron chi connectivity index (χ3n) is 3.36. The Labute approximate surface area is 114 Å². The number of nitrogens with zero attached hydrogens (tertiary/aromatic N) is 2. The Kier molecular flexibility index (Phi) is 3.72. The normalized spacial score (nSPS) is 16.6. The van der Waals surface area contributed by atoms with Gasteiger partial charge in [-0.05, 0) is 18.1 Å². The second kappa shape index (κ2) is 5.13. The number of hydrogen-bond donors (Lipinski definition) is 2. The van der Waals surface area contributed by atoms with E-state index in [1.807, 2.05) is 0 Å². The smallest absolute Gasteiger partial charge is 0.320 e. The van der Waals surface area contributed by atoms with Crippen LogP contribution in [0.4, 0.5) is 14.6 Å². The molecule has 1 aromatic rings. The topological polar surface area (TPSA) is 80.8 Å². The maximum Gasteiger partial charge on any atom is 0.320 e. The summed E-state index contributed by atoms with van der Waals surface area (Å²) in [5.41, 5.74) is 11.8. The Morgan fingerprint density at radius 1 is 1.63 bits per heavy atom. The molecule has 1 aliphatic rings. The van der Waals surface area contributed by atoms with Gasteiger partial charge in [-0.2, -0.15) is 8.78 Å². The highest BCUT2D eigenvalue weighted by Gasteiger charge is 2.37. The van der Waals surface area contributed by atoms with E-state index in [-0.39, 0.29) is 23.6 Å². The SMILES string of the molecule is N#CB1CC(c2cc(/C=C(\N)Cl)c(N)n2C(F)F)C1. The molecule has 1 fully saturated rings. The number of hydrogen-bond acceptors (Lipinski definition) is 3. The van der Waals surface area contributed by atoms with Crippen molar-refractivity contribution in [2.24, 2.45) is 5.73 Å². The second-order valence-electron chi connectivity index (χ2n) is 4.58. The molecule has 4 nitrogen and oxygen atoms in total. The highest BCUT2D eigenvalue weighted by molar-refractivity contribution is 6.70. The van der Waals surface area contributed by atoms with Gasteiger partial charge in [-0.1, -0.05) is 24.2 Å². The highest BCUT2D eigenvalue weighted by Crippen LogP contribution is 2.42. The Balaban J connectivity index is 2.38. The lowest BCUT2D eigenvalue weighted by molar-refractivity contribution is 0.0691. The lowest BCUT2D eigenvalue weighted by atomic mass is 9.32. The molecule has 1 aliphatic heterocycles. The molecule has 8 heteroatoms. The van der Waals surface area contributed by atoms with Crippen LogP contribution in [0, 0.1) is 11.2 Å². The highest BCUT2D eigenvalue weighted by atomic mass is 35.5. The summed E-state index contributed by atoms with van der Waals surface area (Å²) < 4.78 is 26.9. The largest absolute Gasteiger partial charge is 0.389 e. The Bertz CT molecular complexity index is 554. The third-order valence-corrected chi connectivity index (χ3v) is 3.47. The Hall–Kier alpha value is -1.68. The minimum absolute atomic E-state index is 0.0202. The molecule has 1 aromatic heterocycles. The van der Waals surface area contributed by atoms with Gasteiger partial charge in [-0.25, -0.2) is 5.26 Å². The van der Waals surface area contributed by atoms with Crippen molar-refractivity contribution in [1.29, 1.82) is 5.26 Å². The van der Waals surface area contributed by atoms with Crippen LogP contribution >= 0.6 is 11.6 Å². The number of halogens is 3. The summed E-state index contributed by atoms with van der Waals surface area (Å²) in [6, 6.07) is 1.56. The van der Waals surface area contributed by atoms with E-state index < -0.39 is 6.55 Å². The van der Waals surface area contributed by atoms with Gasteiger partial charge >= 0.3 is 6.55 Å². The first-order valence-corrected chi connectivity index (χ1v) is 6.12. The molecule has 2 heterocycles. The second-order valence-corrected chi connectivity index (χ2v) is 5.02. The van der Waals surface area contributed by atoms with Gasteiger partial charge in [0.2, 0.25) is 0 Å². The van der Waals surface area contributed by atoms with E-state index in [0.29, 0.717) is 23.9 Å². The fourth-order valence-electron chi connectivity index (χ4n) is 2.34. The van der Waals surface area contributed by atoms with Gasteiger partial charge in [0.15, 0.2) is 0 Å². The summed E-state index contributed by atoms with van der Waals surface area (Å²) in [4.78, 5) is 0. The number of anilines is 1. The van der Waals surface area contributed by atoms with Crippen molar-refractivity contribution in [3.8, 4) is 5.97 Å². The fourth-order valence-corrected chi connectivity index (χ4v) is 2.46. The maximum atomic E-state index is 13.1. The summed E-state index contributed by atoms with van der Waals surface area (Å²) in [5.74, 6) is 1.99. The first kappa shape index (κ1) is 13.7. The van der Waals surface area contributed by atoms with Gasteiger partial charge in [-0.15, -0.1) is 0 Å². The molecule has 0 aromatic carbocycles. The zero-order valence-electron chi connectivity index (χ0n) is 9.98. The van der Waals surface area contributed by atoms with Gasteiger partial charge in [0, 0.05) is 17.2 Å². The van der Waals surface area contributed by atoms with Crippen LogP contribution in [-0.4, -0.2) is 11.3 Å². The van der Waals surface area contributed by atoms with Crippen LogP contribution in [0.5, 0.6) is 0 Å². The first-order valence-electron chi connectivity index (χ1n) is 5.75. The third kappa shape index (κ3) is 2.54. The molecule has 100 valence electrons. The summed E-state index contributed by atoms with van der Waals surface area (Å²) in [7, 11) is 0. The number of rotatable bonds is 3. The minimum atomic E-state index is -2.73. The fraction of sp³-hybridized carbons (Fsp3) is 0.364. The lowest BCUT2D eigenvalue weighted by Gasteiger charge is -2.29. The molecule has 1 saturated heterocycles. The predicted molar refractivity (Wildman–Crippen MR) is 71.8 cm³/mol. The molecular weight excluding hydrogens is 272 g/mol. The van der Waals surface area contributed by atoms with Gasteiger partial charge in [0.25, 0.3) is 6.71 Å². The van der Waals surface area contributed by atoms with E-state index in [4.69, 9.17) is 28.3 Å². The van der Waals surface area contributed by atoms with Crippen molar-refractivity contribution >= 4 is 30.2 Å². The molecule has 4 N–H and O–H groups in total. The van der Waals surface area contributed by atoms with Crippen molar-refractivity contribution < 1.29 is 8.78 Å². The number of aromatic nitrogens is 1. The minimum Gasteiger partial charge on any atom is -0.389 e. The molecule has 0 amide bonds. The molecular formula is C11H12BClF2N4. The number of nitrogens with two attached hydrogens (primary N) is 2. The molecule has 0 spiro atoms. The van der Waals surface area contributed by atoms with E-state index in [1.165, 1.54) is 6.08 Å². The van der Waals surface area contributed by atoms with Crippen LogP contribution in [-0.2, 0) is 0 Å². The van der Waals surface area contributed by atoms with Gasteiger partial charge in [-0.3, -0.25) is 4.57 Å². The number of nitrogen functional groups attached to an aromatic ring is 1. The van der Waals surface area contributed by atoms with Gasteiger partial charge in [0.1, 0.15) is 5.82 Å². The summed E-state index contributed by atoms with van der Waals surface area (Å²) >= 11 is 5.54. The van der Waals surface area contributed by atoms with Gasteiger partial charge < -0.3 is 11.5 Å². The Morgan fingerprint density at radius 3 is 2.74 bits per heavy atom. The van der Waals surface area contributed by atoms with Crippen molar-refractivity contribution in [3.63, 3.8) is 0 Å². The van der Waals surface area contributed by atoms with E-state index in [1.54, 1.807) is 6.07 Å². The predicted octanol–water partition coefficient (Wildman–Crippen LogP) is 2.62. The molecule has 2 rings (SSSR count). The molecule has 19 heavy (non-hydrogen) atoms. The quantitative estimate of drug-likeness (QED) is 0.661. The van der Waals surface area contributed by atoms with Crippen LogP contribution in [0.2, 0.25) is 12.6 Å². The molecule has 0 radical (unpaired) electrons. The van der Waals surface area contributed by atoms with Crippen molar-refractivity contribution in [2.45, 2.75) is 25.1 Å². The summed E-state index contributed by atoms with van der Waals surface area (Å²) in [5, 5.41) is 8.71. The Morgan fingerprint density at radius 2 is 2.26 bits per heavy atom. The summed E-state index contributed by atoms with van der Waals surface area (Å²) in [6.07, 6.45) is 2.50. The zero-order chi connectivity index (χ0) is 14.2. The summed E-state index contributed by atoms with van der Waals surface area (Å²) in [6.45, 7) is -2.79. The molecule has 0 atom stereocenters. The standard InChI is InChI=1S/C11H12BClF2N4/c13-9(17)2-6-1-8(7-3-12(4-7)5-16)19(10(6)18)11(14)15/h1-2,7,11H,3-4,17-18H2/b9-2-. The average molecular weight is 285 g/mol. The molecule has 0 unspecified atom stereocenters. The molecule has 0 bridgehead atoms. The van der Waals surface area contributed by atoms with Gasteiger partial charge in [0.05, 0.1) is 5.16 Å². The zero-order valence-corrected chi connectivity index (χ0v) is 10.7. The van der Waals surface area contributed by atoms with Crippen molar-refractivity contribution in [1.82, 2.24) is 4.57 Å². The molecule has 0 aliphatic carbocycles. The van der Waals surface area contributed by atoms with Crippen LogP contribution in [0.3, 0.4) is 0 Å². The van der Waals surface area contributed by atoms with E-state index >= 15 is 0 Å². The number of nitriles is 1. The maximum absolute atomic E-state index is 13.1. The molecule has 0 saturated carbocycles. The van der Waals surface area contributed by atoms with Crippen LogP contribution in [0.25, 0.3) is 6.08 Å². The van der Waals surface area contributed by atoms with Crippen molar-refractivity contribution in [3.05, 3.63) is 22.5 Å². The van der Waals surface area contributed by atoms with Crippen LogP contribution < -0.4 is 11.5 Å². The van der Waals surface area contributed by atoms with Crippen LogP contribution in [0.1, 0.15) is 23.7 Å². The lowest BCUT2D eigenvalue weighted by Crippen LogP contribution is -2.30. The van der Waals surface area contributed by atoms with Crippen molar-refractivity contribution in [2.75, 3.05) is 5.73 Å². The van der Waals surface area contributed by atoms with E-state index in [2.05, 4.69) is 5.97 Å². The first-order chi connectivity index (χ1) is 8.93. The van der Waals surface area contributed by atoms with E-state index in [9.17, 15) is 8.78 Å². The number of alkyl halides is 2. The average Bonchev–Trinajstić information content (AvgIpc) is 2.54.